The number of nitrogens with zero attached hydrogens (tertiary/aromatic N) is 1. The summed E-state index contributed by atoms with van der Waals surface area (Å²) >= 11 is 0. The summed E-state index contributed by atoms with van der Waals surface area (Å²) in [5, 5.41) is 16.1. The maximum absolute atomic E-state index is 12.6. The number of rotatable bonds is 1. The minimum absolute atomic E-state index is 0.111. The van der Waals surface area contributed by atoms with Crippen molar-refractivity contribution in [1.29, 1.82) is 0 Å². The molecule has 86 valence electrons. The molecule has 1 N–H and O–H groups in total. The summed E-state index contributed by atoms with van der Waals surface area (Å²) in [5.41, 5.74) is 0.143. The summed E-state index contributed by atoms with van der Waals surface area (Å²) in [5.74, 6) is 1.57. The van der Waals surface area contributed by atoms with Gasteiger partial charge >= 0.3 is 0 Å². The Bertz CT molecular complexity index is 267. The average Bonchev–Trinajstić information content (AvgIpc) is 2.71. The van der Waals surface area contributed by atoms with Gasteiger partial charge in [-0.2, -0.15) is 0 Å². The molecule has 2 aliphatic heterocycles. The van der Waals surface area contributed by atoms with Crippen molar-refractivity contribution >= 4 is 0 Å². The van der Waals surface area contributed by atoms with E-state index in [2.05, 4.69) is 19.2 Å². The molecule has 3 aliphatic rings. The fourth-order valence-corrected chi connectivity index (χ4v) is 4.17. The van der Waals surface area contributed by atoms with Gasteiger partial charge < -0.3 is 15.2 Å². The van der Waals surface area contributed by atoms with Crippen LogP contribution in [0.15, 0.2) is 0 Å². The van der Waals surface area contributed by atoms with Crippen LogP contribution in [-0.2, 0) is 0 Å². The third-order valence-corrected chi connectivity index (χ3v) is 4.93. The van der Waals surface area contributed by atoms with Crippen LogP contribution in [0.5, 0.6) is 0 Å². The zero-order valence-electron chi connectivity index (χ0n) is 9.83. The molecule has 3 nitrogen and oxygen atoms in total. The molecule has 1 spiro atoms. The number of piperidine rings is 1. The van der Waals surface area contributed by atoms with E-state index >= 15 is 0 Å². The zero-order valence-corrected chi connectivity index (χ0v) is 9.83. The van der Waals surface area contributed by atoms with Gasteiger partial charge in [0.05, 0.1) is 6.04 Å². The van der Waals surface area contributed by atoms with Crippen LogP contribution in [0, 0.1) is 17.0 Å². The summed E-state index contributed by atoms with van der Waals surface area (Å²) in [6.45, 7) is 7.37. The second-order valence-electron chi connectivity index (χ2n) is 6.31. The monoisotopic (exact) mass is 210 g/mol. The van der Waals surface area contributed by atoms with Crippen LogP contribution in [0.2, 0.25) is 0 Å². The number of hydrogen-bond donors (Lipinski definition) is 1. The first-order valence-electron chi connectivity index (χ1n) is 6.35. The van der Waals surface area contributed by atoms with Crippen molar-refractivity contribution < 1.29 is 4.65 Å². The van der Waals surface area contributed by atoms with Crippen LogP contribution in [-0.4, -0.2) is 35.9 Å². The van der Waals surface area contributed by atoms with Crippen molar-refractivity contribution in [3.63, 3.8) is 0 Å². The van der Waals surface area contributed by atoms with Gasteiger partial charge in [0.15, 0.2) is 0 Å². The van der Waals surface area contributed by atoms with Gasteiger partial charge in [-0.15, -0.1) is 0 Å². The van der Waals surface area contributed by atoms with E-state index in [-0.39, 0.29) is 16.2 Å². The third kappa shape index (κ3) is 1.30. The van der Waals surface area contributed by atoms with E-state index in [1.165, 1.54) is 19.3 Å². The normalized spacial score (nSPS) is 53.6. The Morgan fingerprint density at radius 2 is 1.87 bits per heavy atom. The maximum Gasteiger partial charge on any atom is 0.150 e. The van der Waals surface area contributed by atoms with E-state index in [4.69, 9.17) is 0 Å². The second-order valence-corrected chi connectivity index (χ2v) is 6.31. The van der Waals surface area contributed by atoms with Gasteiger partial charge in [0, 0.05) is 12.8 Å². The molecule has 3 fully saturated rings. The van der Waals surface area contributed by atoms with Crippen LogP contribution in [0.4, 0.5) is 0 Å². The Morgan fingerprint density at radius 1 is 1.27 bits per heavy atom. The third-order valence-electron chi connectivity index (χ3n) is 4.93. The molecule has 0 amide bonds. The van der Waals surface area contributed by atoms with Crippen molar-refractivity contribution in [2.75, 3.05) is 19.6 Å². The molecule has 15 heavy (non-hydrogen) atoms. The van der Waals surface area contributed by atoms with Crippen molar-refractivity contribution in [2.24, 2.45) is 11.8 Å². The first kappa shape index (κ1) is 10.1. The van der Waals surface area contributed by atoms with E-state index in [9.17, 15) is 5.21 Å². The van der Waals surface area contributed by atoms with Crippen LogP contribution < -0.4 is 5.32 Å². The predicted octanol–water partition coefficient (Wildman–Crippen LogP) is 1.48. The first-order chi connectivity index (χ1) is 7.06. The Balaban J connectivity index is 1.79. The Labute approximate surface area is 92.0 Å². The molecule has 1 saturated carbocycles. The highest BCUT2D eigenvalue weighted by Crippen LogP contribution is 2.56. The highest BCUT2D eigenvalue weighted by atomic mass is 16.6. The highest BCUT2D eigenvalue weighted by Gasteiger charge is 2.67. The number of nitrogens with one attached hydrogen (secondary N) is 1. The molecule has 3 atom stereocenters. The summed E-state index contributed by atoms with van der Waals surface area (Å²) in [6, 6.07) is 0.261. The maximum atomic E-state index is 12.6. The van der Waals surface area contributed by atoms with Crippen molar-refractivity contribution in [3.8, 4) is 0 Å². The molecule has 0 aromatic carbocycles. The van der Waals surface area contributed by atoms with Crippen LogP contribution in [0.3, 0.4) is 0 Å². The van der Waals surface area contributed by atoms with Gasteiger partial charge in [0.2, 0.25) is 0 Å². The number of quaternary nitrogens is 1. The SMILES string of the molecule is CC(C)[N+]1([O-])CC12CC1CNCC(C1)C2. The van der Waals surface area contributed by atoms with Crippen LogP contribution in [0.25, 0.3) is 0 Å². The molecular weight excluding hydrogens is 188 g/mol. The topological polar surface area (TPSA) is 35.1 Å². The Morgan fingerprint density at radius 3 is 2.33 bits per heavy atom. The molecule has 2 heterocycles. The molecule has 0 radical (unpaired) electrons. The summed E-state index contributed by atoms with van der Waals surface area (Å²) in [7, 11) is 0. The Hall–Kier alpha value is -0.120. The molecule has 2 saturated heterocycles. The number of hydrogen-bond acceptors (Lipinski definition) is 2. The number of hydroxylamine groups is 3. The van der Waals surface area contributed by atoms with Crippen LogP contribution >= 0.6 is 0 Å². The average molecular weight is 210 g/mol. The molecule has 0 aromatic heterocycles. The van der Waals surface area contributed by atoms with Crippen molar-refractivity contribution in [1.82, 2.24) is 5.32 Å². The lowest BCUT2D eigenvalue weighted by molar-refractivity contribution is -0.803. The lowest BCUT2D eigenvalue weighted by atomic mass is 9.72. The van der Waals surface area contributed by atoms with Gasteiger partial charge in [-0.05, 0) is 45.2 Å². The van der Waals surface area contributed by atoms with Gasteiger partial charge in [-0.25, -0.2) is 0 Å². The van der Waals surface area contributed by atoms with E-state index < -0.39 is 0 Å². The van der Waals surface area contributed by atoms with Crippen LogP contribution in [0.1, 0.15) is 33.1 Å². The van der Waals surface area contributed by atoms with E-state index in [1.807, 2.05) is 0 Å². The minimum Gasteiger partial charge on any atom is -0.632 e. The van der Waals surface area contributed by atoms with E-state index in [1.54, 1.807) is 0 Å². The summed E-state index contributed by atoms with van der Waals surface area (Å²) < 4.78 is 0.111. The fourth-order valence-electron chi connectivity index (χ4n) is 4.17. The highest BCUT2D eigenvalue weighted by molar-refractivity contribution is 5.04. The zero-order chi connectivity index (χ0) is 10.7. The molecular formula is C12H22N2O. The lowest BCUT2D eigenvalue weighted by Crippen LogP contribution is -2.48. The molecule has 3 heteroatoms. The van der Waals surface area contributed by atoms with Gasteiger partial charge in [-0.3, -0.25) is 0 Å². The largest absolute Gasteiger partial charge is 0.632 e. The smallest absolute Gasteiger partial charge is 0.150 e. The molecule has 3 rings (SSSR count). The van der Waals surface area contributed by atoms with E-state index in [0.717, 1.165) is 31.5 Å². The van der Waals surface area contributed by atoms with Gasteiger partial charge in [0.25, 0.3) is 0 Å². The lowest BCUT2D eigenvalue weighted by Gasteiger charge is -2.43. The van der Waals surface area contributed by atoms with Gasteiger partial charge in [-0.1, -0.05) is 0 Å². The summed E-state index contributed by atoms with van der Waals surface area (Å²) in [4.78, 5) is 0. The quantitative estimate of drug-likeness (QED) is 0.404. The molecule has 1 aliphatic carbocycles. The predicted molar refractivity (Wildman–Crippen MR) is 60.1 cm³/mol. The molecule has 2 bridgehead atoms. The van der Waals surface area contributed by atoms with E-state index in [0.29, 0.717) is 0 Å². The van der Waals surface area contributed by atoms with Crippen molar-refractivity contribution in [2.45, 2.75) is 44.7 Å². The second kappa shape index (κ2) is 2.96. The summed E-state index contributed by atoms with van der Waals surface area (Å²) in [6.07, 6.45) is 3.73. The Kier molecular flexibility index (Phi) is 1.99. The minimum atomic E-state index is 0.111. The first-order valence-corrected chi connectivity index (χ1v) is 6.35. The molecule has 3 unspecified atom stereocenters. The standard InChI is InChI=1S/C12H22N2O/c1-9(2)14(15)8-12(14)4-10-3-11(5-12)7-13-6-10/h9-11,13H,3-8H2,1-2H3. The van der Waals surface area contributed by atoms with Crippen molar-refractivity contribution in [3.05, 3.63) is 5.21 Å². The molecule has 0 aromatic rings. The fraction of sp³-hybridized carbons (Fsp3) is 1.00. The van der Waals surface area contributed by atoms with Gasteiger partial charge in [0.1, 0.15) is 12.1 Å². The number of fused-ring (bicyclic) bond motifs is 2.